The Morgan fingerprint density at radius 3 is 2.38 bits per heavy atom. The molecule has 0 aliphatic rings. The lowest BCUT2D eigenvalue weighted by molar-refractivity contribution is -0.120. The zero-order chi connectivity index (χ0) is 15.7. The number of amides is 2. The van der Waals surface area contributed by atoms with Crippen molar-refractivity contribution in [2.24, 2.45) is 0 Å². The van der Waals surface area contributed by atoms with Crippen LogP contribution in [0.2, 0.25) is 0 Å². The van der Waals surface area contributed by atoms with E-state index in [-0.39, 0.29) is 24.4 Å². The van der Waals surface area contributed by atoms with Crippen molar-refractivity contribution in [3.05, 3.63) is 29.8 Å². The van der Waals surface area contributed by atoms with Crippen LogP contribution in [0.4, 0.5) is 5.69 Å². The van der Waals surface area contributed by atoms with E-state index < -0.39 is 0 Å². The second kappa shape index (κ2) is 9.00. The molecule has 21 heavy (non-hydrogen) atoms. The summed E-state index contributed by atoms with van der Waals surface area (Å²) in [5, 5.41) is 8.75. The van der Waals surface area contributed by atoms with Crippen LogP contribution in [-0.4, -0.2) is 30.9 Å². The van der Waals surface area contributed by atoms with Crippen molar-refractivity contribution in [1.29, 1.82) is 0 Å². The first-order valence-electron chi connectivity index (χ1n) is 7.48. The van der Waals surface area contributed by atoms with Gasteiger partial charge in [-0.1, -0.05) is 13.8 Å². The Labute approximate surface area is 126 Å². The Bertz CT molecular complexity index is 457. The van der Waals surface area contributed by atoms with Gasteiger partial charge in [-0.25, -0.2) is 0 Å². The van der Waals surface area contributed by atoms with Crippen molar-refractivity contribution >= 4 is 17.5 Å². The van der Waals surface area contributed by atoms with E-state index in [1.165, 1.54) is 0 Å². The van der Waals surface area contributed by atoms with Crippen LogP contribution >= 0.6 is 0 Å². The highest BCUT2D eigenvalue weighted by Gasteiger charge is 2.06. The predicted octanol–water partition coefficient (Wildman–Crippen LogP) is 2.15. The van der Waals surface area contributed by atoms with Gasteiger partial charge >= 0.3 is 0 Å². The number of carbonyl (C=O) groups excluding carboxylic acids is 2. The molecule has 5 nitrogen and oxygen atoms in total. The van der Waals surface area contributed by atoms with Gasteiger partial charge in [0.2, 0.25) is 5.91 Å². The normalized spacial score (nSPS) is 11.6. The number of hydrogen-bond acceptors (Lipinski definition) is 3. The summed E-state index contributed by atoms with van der Waals surface area (Å²) in [5.74, 6) is -0.105. The summed E-state index contributed by atoms with van der Waals surface area (Å²) in [6.45, 7) is 6.92. The third-order valence-corrected chi connectivity index (χ3v) is 3.16. The SMILES string of the molecule is CCCNC(=O)c1ccc(NCC(=O)NC(C)CC)cc1. The van der Waals surface area contributed by atoms with E-state index in [1.54, 1.807) is 24.3 Å². The highest BCUT2D eigenvalue weighted by Crippen LogP contribution is 2.09. The lowest BCUT2D eigenvalue weighted by atomic mass is 10.2. The maximum Gasteiger partial charge on any atom is 0.251 e. The first kappa shape index (κ1) is 17.0. The quantitative estimate of drug-likeness (QED) is 0.687. The van der Waals surface area contributed by atoms with Gasteiger partial charge in [0.1, 0.15) is 0 Å². The molecule has 5 heteroatoms. The number of hydrogen-bond donors (Lipinski definition) is 3. The fraction of sp³-hybridized carbons (Fsp3) is 0.500. The van der Waals surface area contributed by atoms with Gasteiger partial charge < -0.3 is 16.0 Å². The average Bonchev–Trinajstić information content (AvgIpc) is 2.50. The van der Waals surface area contributed by atoms with Gasteiger partial charge in [-0.2, -0.15) is 0 Å². The van der Waals surface area contributed by atoms with Crippen LogP contribution in [0, 0.1) is 0 Å². The topological polar surface area (TPSA) is 70.2 Å². The van der Waals surface area contributed by atoms with Gasteiger partial charge in [0.25, 0.3) is 5.91 Å². The molecule has 1 aromatic carbocycles. The molecule has 1 unspecified atom stereocenters. The van der Waals surface area contributed by atoms with Crippen molar-refractivity contribution in [2.45, 2.75) is 39.7 Å². The maximum absolute atomic E-state index is 11.7. The van der Waals surface area contributed by atoms with E-state index in [4.69, 9.17) is 0 Å². The van der Waals surface area contributed by atoms with E-state index >= 15 is 0 Å². The minimum absolute atomic E-state index is 0.0332. The first-order valence-corrected chi connectivity index (χ1v) is 7.48. The second-order valence-electron chi connectivity index (χ2n) is 5.06. The smallest absolute Gasteiger partial charge is 0.251 e. The molecule has 0 fully saturated rings. The third-order valence-electron chi connectivity index (χ3n) is 3.16. The van der Waals surface area contributed by atoms with Gasteiger partial charge in [-0.05, 0) is 44.0 Å². The first-order chi connectivity index (χ1) is 10.1. The monoisotopic (exact) mass is 291 g/mol. The summed E-state index contributed by atoms with van der Waals surface area (Å²) in [6.07, 6.45) is 1.82. The van der Waals surface area contributed by atoms with Crippen LogP contribution in [0.25, 0.3) is 0 Å². The van der Waals surface area contributed by atoms with E-state index in [1.807, 2.05) is 20.8 Å². The van der Waals surface area contributed by atoms with Crippen molar-refractivity contribution in [2.75, 3.05) is 18.4 Å². The summed E-state index contributed by atoms with van der Waals surface area (Å²) in [6, 6.07) is 7.29. The van der Waals surface area contributed by atoms with Crippen LogP contribution in [0.1, 0.15) is 44.0 Å². The van der Waals surface area contributed by atoms with E-state index in [0.29, 0.717) is 12.1 Å². The van der Waals surface area contributed by atoms with Gasteiger partial charge in [0.05, 0.1) is 6.54 Å². The molecule has 116 valence electrons. The van der Waals surface area contributed by atoms with Crippen LogP contribution in [0.5, 0.6) is 0 Å². The number of carbonyl (C=O) groups is 2. The maximum atomic E-state index is 11.7. The summed E-state index contributed by atoms with van der Waals surface area (Å²) in [5.41, 5.74) is 1.44. The second-order valence-corrected chi connectivity index (χ2v) is 5.06. The summed E-state index contributed by atoms with van der Waals surface area (Å²) < 4.78 is 0. The standard InChI is InChI=1S/C16H25N3O2/c1-4-10-17-16(21)13-6-8-14(9-7-13)18-11-15(20)19-12(3)5-2/h6-9,12,18H,4-5,10-11H2,1-3H3,(H,17,21)(H,19,20). The Hall–Kier alpha value is -2.04. The fourth-order valence-electron chi connectivity index (χ4n) is 1.69. The van der Waals surface area contributed by atoms with E-state index in [0.717, 1.165) is 18.5 Å². The highest BCUT2D eigenvalue weighted by molar-refractivity contribution is 5.94. The van der Waals surface area contributed by atoms with Crippen LogP contribution < -0.4 is 16.0 Å². The number of rotatable bonds is 8. The molecule has 0 bridgehead atoms. The van der Waals surface area contributed by atoms with Crippen LogP contribution in [-0.2, 0) is 4.79 Å². The molecule has 0 aliphatic heterocycles. The molecule has 0 aromatic heterocycles. The molecular formula is C16H25N3O2. The fourth-order valence-corrected chi connectivity index (χ4v) is 1.69. The van der Waals surface area contributed by atoms with Gasteiger partial charge in [-0.15, -0.1) is 0 Å². The lowest BCUT2D eigenvalue weighted by Gasteiger charge is -2.12. The summed E-state index contributed by atoms with van der Waals surface area (Å²) in [4.78, 5) is 23.4. The molecular weight excluding hydrogens is 266 g/mol. The van der Waals surface area contributed by atoms with Crippen molar-refractivity contribution in [3.8, 4) is 0 Å². The largest absolute Gasteiger partial charge is 0.376 e. The Kier molecular flexibility index (Phi) is 7.29. The lowest BCUT2D eigenvalue weighted by Crippen LogP contribution is -2.36. The van der Waals surface area contributed by atoms with Crippen molar-refractivity contribution in [3.63, 3.8) is 0 Å². The van der Waals surface area contributed by atoms with Gasteiger partial charge in [0.15, 0.2) is 0 Å². The highest BCUT2D eigenvalue weighted by atomic mass is 16.2. The number of nitrogens with one attached hydrogen (secondary N) is 3. The molecule has 3 N–H and O–H groups in total. The third kappa shape index (κ3) is 6.29. The predicted molar refractivity (Wildman–Crippen MR) is 85.5 cm³/mol. The molecule has 1 rings (SSSR count). The molecule has 0 spiro atoms. The number of benzene rings is 1. The molecule has 0 heterocycles. The Morgan fingerprint density at radius 2 is 1.81 bits per heavy atom. The summed E-state index contributed by atoms with van der Waals surface area (Å²) >= 11 is 0. The number of anilines is 1. The van der Waals surface area contributed by atoms with E-state index in [9.17, 15) is 9.59 Å². The van der Waals surface area contributed by atoms with Crippen LogP contribution in [0.3, 0.4) is 0 Å². The Morgan fingerprint density at radius 1 is 1.14 bits per heavy atom. The average molecular weight is 291 g/mol. The van der Waals surface area contributed by atoms with Crippen molar-refractivity contribution < 1.29 is 9.59 Å². The molecule has 0 saturated heterocycles. The molecule has 0 radical (unpaired) electrons. The molecule has 0 saturated carbocycles. The Balaban J connectivity index is 2.44. The molecule has 0 aliphatic carbocycles. The van der Waals surface area contributed by atoms with Crippen LogP contribution in [0.15, 0.2) is 24.3 Å². The van der Waals surface area contributed by atoms with E-state index in [2.05, 4.69) is 16.0 Å². The van der Waals surface area contributed by atoms with Gasteiger partial charge in [-0.3, -0.25) is 9.59 Å². The van der Waals surface area contributed by atoms with Gasteiger partial charge in [0, 0.05) is 23.8 Å². The molecule has 2 amide bonds. The zero-order valence-electron chi connectivity index (χ0n) is 13.0. The molecule has 1 aromatic rings. The zero-order valence-corrected chi connectivity index (χ0v) is 13.0. The molecule has 1 atom stereocenters. The minimum atomic E-state index is -0.0714. The van der Waals surface area contributed by atoms with Crippen molar-refractivity contribution in [1.82, 2.24) is 10.6 Å². The minimum Gasteiger partial charge on any atom is -0.376 e. The summed E-state index contributed by atoms with van der Waals surface area (Å²) in [7, 11) is 0.